The molecule has 2 aromatic carbocycles. The Labute approximate surface area is 170 Å². The number of aromatic amines is 1. The van der Waals surface area contributed by atoms with Gasteiger partial charge in [-0.15, -0.1) is 0 Å². The Bertz CT molecular complexity index is 1190. The lowest BCUT2D eigenvalue weighted by atomic mass is 9.50. The van der Waals surface area contributed by atoms with E-state index >= 15 is 0 Å². The molecule has 5 nitrogen and oxygen atoms in total. The van der Waals surface area contributed by atoms with Gasteiger partial charge in [0.2, 0.25) is 0 Å². The van der Waals surface area contributed by atoms with Crippen LogP contribution < -0.4 is 0 Å². The Morgan fingerprint density at radius 2 is 2.10 bits per heavy atom. The molecule has 2 atom stereocenters. The van der Waals surface area contributed by atoms with E-state index in [2.05, 4.69) is 42.9 Å². The monoisotopic (exact) mass is 384 g/mol. The Hall–Kier alpha value is -3.13. The summed E-state index contributed by atoms with van der Waals surface area (Å²) < 4.78 is 0. The molecule has 2 bridgehead atoms. The second-order valence-electron chi connectivity index (χ2n) is 9.10. The zero-order valence-corrected chi connectivity index (χ0v) is 17.0. The summed E-state index contributed by atoms with van der Waals surface area (Å²) in [4.78, 5) is 22.9. The summed E-state index contributed by atoms with van der Waals surface area (Å²) >= 11 is 0. The van der Waals surface area contributed by atoms with E-state index in [-0.39, 0.29) is 22.8 Å². The number of hydrogen-bond donors (Lipinski definition) is 1. The van der Waals surface area contributed by atoms with Crippen LogP contribution in [0.25, 0.3) is 11.0 Å². The average molecular weight is 384 g/mol. The van der Waals surface area contributed by atoms with Crippen molar-refractivity contribution in [3.8, 4) is 6.07 Å². The molecule has 1 aliphatic carbocycles. The highest BCUT2D eigenvalue weighted by molar-refractivity contribution is 5.97. The summed E-state index contributed by atoms with van der Waals surface area (Å²) in [6, 6.07) is 14.1. The molecule has 5 rings (SSSR count). The number of carbonyl (C=O) groups is 1. The SMILES string of the molecule is CC1(C)C2Cc3c(C#N)cccc3[C@]1(C)CCN2C(=O)c1ccc2nc[nH]c2c1. The Morgan fingerprint density at radius 3 is 2.90 bits per heavy atom. The maximum absolute atomic E-state index is 13.6. The molecule has 2 heterocycles. The minimum Gasteiger partial charge on any atom is -0.345 e. The molecular formula is C24H24N4O. The van der Waals surface area contributed by atoms with Crippen molar-refractivity contribution in [2.75, 3.05) is 6.54 Å². The van der Waals surface area contributed by atoms with Gasteiger partial charge in [-0.2, -0.15) is 5.26 Å². The molecule has 0 radical (unpaired) electrons. The van der Waals surface area contributed by atoms with Crippen LogP contribution in [0.1, 0.15) is 54.2 Å². The summed E-state index contributed by atoms with van der Waals surface area (Å²) in [7, 11) is 0. The second-order valence-corrected chi connectivity index (χ2v) is 9.10. The van der Waals surface area contributed by atoms with Crippen LogP contribution in [0.4, 0.5) is 0 Å². The van der Waals surface area contributed by atoms with Gasteiger partial charge in [0.05, 0.1) is 29.0 Å². The molecule has 5 heteroatoms. The van der Waals surface area contributed by atoms with Gasteiger partial charge in [0.15, 0.2) is 0 Å². The van der Waals surface area contributed by atoms with Gasteiger partial charge in [0.1, 0.15) is 0 Å². The topological polar surface area (TPSA) is 72.8 Å². The van der Waals surface area contributed by atoms with Crippen molar-refractivity contribution < 1.29 is 4.79 Å². The molecule has 3 aromatic rings. The van der Waals surface area contributed by atoms with E-state index in [1.54, 1.807) is 6.33 Å². The highest BCUT2D eigenvalue weighted by atomic mass is 16.2. The van der Waals surface area contributed by atoms with Crippen LogP contribution in [0.15, 0.2) is 42.7 Å². The number of aromatic nitrogens is 2. The van der Waals surface area contributed by atoms with Crippen LogP contribution >= 0.6 is 0 Å². The summed E-state index contributed by atoms with van der Waals surface area (Å²) in [6.45, 7) is 7.58. The predicted octanol–water partition coefficient (Wildman–Crippen LogP) is 4.19. The number of benzene rings is 2. The van der Waals surface area contributed by atoms with Gasteiger partial charge in [-0.25, -0.2) is 4.98 Å². The van der Waals surface area contributed by atoms with Gasteiger partial charge in [0, 0.05) is 23.6 Å². The molecular weight excluding hydrogens is 360 g/mol. The number of piperidine rings is 1. The minimum atomic E-state index is -0.0971. The van der Waals surface area contributed by atoms with E-state index in [1.165, 1.54) is 5.56 Å². The molecule has 1 saturated heterocycles. The quantitative estimate of drug-likeness (QED) is 0.684. The van der Waals surface area contributed by atoms with E-state index in [0.29, 0.717) is 5.56 Å². The molecule has 1 amide bonds. The fraction of sp³-hybridized carbons (Fsp3) is 0.375. The number of hydrogen-bond acceptors (Lipinski definition) is 3. The molecule has 146 valence electrons. The number of nitrogens with one attached hydrogen (secondary N) is 1. The maximum atomic E-state index is 13.6. The lowest BCUT2D eigenvalue weighted by molar-refractivity contribution is -0.0262. The molecule has 2 aliphatic rings. The number of imidazole rings is 1. The minimum absolute atomic E-state index is 0.0493. The standard InChI is InChI=1S/C24H24N4O/c1-23(2)21-12-17-16(13-25)5-4-6-18(17)24(23,3)9-10-28(21)22(29)15-7-8-19-20(11-15)27-14-26-19/h4-8,11,14,21H,9-10,12H2,1-3H3,(H,26,27)/t21?,24-/m0/s1. The van der Waals surface area contributed by atoms with E-state index in [0.717, 1.165) is 41.5 Å². The van der Waals surface area contributed by atoms with Crippen LogP contribution in [0.2, 0.25) is 0 Å². The molecule has 1 aromatic heterocycles. The number of nitriles is 1. The molecule has 1 fully saturated rings. The van der Waals surface area contributed by atoms with Crippen molar-refractivity contribution in [2.24, 2.45) is 5.41 Å². The van der Waals surface area contributed by atoms with Crippen molar-refractivity contribution in [3.05, 3.63) is 65.0 Å². The largest absolute Gasteiger partial charge is 0.345 e. The average Bonchev–Trinajstić information content (AvgIpc) is 3.17. The summed E-state index contributed by atoms with van der Waals surface area (Å²) in [6.07, 6.45) is 3.26. The number of H-pyrrole nitrogens is 1. The Morgan fingerprint density at radius 1 is 1.28 bits per heavy atom. The van der Waals surface area contributed by atoms with E-state index in [4.69, 9.17) is 0 Å². The van der Waals surface area contributed by atoms with Crippen molar-refractivity contribution in [1.29, 1.82) is 5.26 Å². The highest BCUT2D eigenvalue weighted by Gasteiger charge is 2.57. The van der Waals surface area contributed by atoms with Crippen molar-refractivity contribution >= 4 is 16.9 Å². The molecule has 0 saturated carbocycles. The summed E-state index contributed by atoms with van der Waals surface area (Å²) in [5, 5.41) is 9.66. The first kappa shape index (κ1) is 17.9. The number of nitrogens with zero attached hydrogens (tertiary/aromatic N) is 3. The fourth-order valence-electron chi connectivity index (χ4n) is 5.53. The first-order valence-corrected chi connectivity index (χ1v) is 10.1. The molecule has 1 N–H and O–H groups in total. The molecule has 1 unspecified atom stereocenters. The number of likely N-dealkylation sites (tertiary alicyclic amines) is 1. The smallest absolute Gasteiger partial charge is 0.254 e. The van der Waals surface area contributed by atoms with Gasteiger partial charge in [-0.1, -0.05) is 32.9 Å². The van der Waals surface area contributed by atoms with Gasteiger partial charge >= 0.3 is 0 Å². The maximum Gasteiger partial charge on any atom is 0.254 e. The van der Waals surface area contributed by atoms with Crippen LogP contribution in [-0.4, -0.2) is 33.4 Å². The highest BCUT2D eigenvalue weighted by Crippen LogP contribution is 2.56. The van der Waals surface area contributed by atoms with Crippen molar-refractivity contribution in [1.82, 2.24) is 14.9 Å². The molecule has 1 aliphatic heterocycles. The third-order valence-electron chi connectivity index (χ3n) is 7.70. The lowest BCUT2D eigenvalue weighted by Crippen LogP contribution is -2.65. The van der Waals surface area contributed by atoms with Crippen LogP contribution in [0.3, 0.4) is 0 Å². The first-order chi connectivity index (χ1) is 13.9. The van der Waals surface area contributed by atoms with Crippen molar-refractivity contribution in [2.45, 2.75) is 45.1 Å². The van der Waals surface area contributed by atoms with Gasteiger partial charge < -0.3 is 9.88 Å². The predicted molar refractivity (Wildman–Crippen MR) is 112 cm³/mol. The normalized spacial score (nSPS) is 24.8. The zero-order valence-electron chi connectivity index (χ0n) is 17.0. The van der Waals surface area contributed by atoms with Gasteiger partial charge in [-0.3, -0.25) is 4.79 Å². The zero-order chi connectivity index (χ0) is 20.4. The number of rotatable bonds is 1. The third kappa shape index (κ3) is 2.32. The number of carbonyl (C=O) groups excluding carboxylic acids is 1. The Balaban J connectivity index is 1.60. The fourth-order valence-corrected chi connectivity index (χ4v) is 5.53. The third-order valence-corrected chi connectivity index (χ3v) is 7.70. The van der Waals surface area contributed by atoms with Crippen molar-refractivity contribution in [3.63, 3.8) is 0 Å². The first-order valence-electron chi connectivity index (χ1n) is 10.1. The molecule has 0 spiro atoms. The lowest BCUT2D eigenvalue weighted by Gasteiger charge is -2.61. The van der Waals surface area contributed by atoms with Gasteiger partial charge in [0.25, 0.3) is 5.91 Å². The summed E-state index contributed by atoms with van der Waals surface area (Å²) in [5.41, 5.74) is 5.38. The number of fused-ring (bicyclic) bond motifs is 5. The van der Waals surface area contributed by atoms with Crippen LogP contribution in [-0.2, 0) is 11.8 Å². The molecule has 29 heavy (non-hydrogen) atoms. The van der Waals surface area contributed by atoms with Gasteiger partial charge in [-0.05, 0) is 53.6 Å². The second kappa shape index (κ2) is 5.93. The van der Waals surface area contributed by atoms with E-state index in [9.17, 15) is 10.1 Å². The summed E-state index contributed by atoms with van der Waals surface area (Å²) in [5.74, 6) is 0.0551. The van der Waals surface area contributed by atoms with Crippen LogP contribution in [0, 0.1) is 16.7 Å². The Kier molecular flexibility index (Phi) is 3.67. The number of amides is 1. The van der Waals surface area contributed by atoms with E-state index < -0.39 is 0 Å². The van der Waals surface area contributed by atoms with Crippen LogP contribution in [0.5, 0.6) is 0 Å². The van der Waals surface area contributed by atoms with E-state index in [1.807, 2.05) is 35.2 Å².